The fourth-order valence-corrected chi connectivity index (χ4v) is 34.1. The number of ether oxygens (including phenoxy) is 3. The number of esters is 3. The molecule has 0 radical (unpaired) electrons. The van der Waals surface area contributed by atoms with E-state index in [1.165, 1.54) is 98.7 Å². The number of carbonyl (C=O) groups is 3. The van der Waals surface area contributed by atoms with Gasteiger partial charge in [0.1, 0.15) is 14.6 Å². The molecule has 0 aliphatic rings. The van der Waals surface area contributed by atoms with Crippen molar-refractivity contribution in [3.8, 4) is 20.9 Å². The van der Waals surface area contributed by atoms with E-state index in [1.54, 1.807) is 45.4 Å². The van der Waals surface area contributed by atoms with Gasteiger partial charge in [-0.2, -0.15) is 0 Å². The average molecular weight is 1080 g/mol. The third kappa shape index (κ3) is 11.5. The van der Waals surface area contributed by atoms with Crippen molar-refractivity contribution in [2.75, 3.05) is 21.3 Å². The first-order valence-electron chi connectivity index (χ1n) is 19.2. The molecule has 0 amide bonds. The number of rotatable bonds is 15. The van der Waals surface area contributed by atoms with Gasteiger partial charge in [-0.25, -0.2) is 14.4 Å². The van der Waals surface area contributed by atoms with Crippen molar-refractivity contribution in [3.63, 3.8) is 0 Å². The van der Waals surface area contributed by atoms with E-state index >= 15 is 0 Å². The van der Waals surface area contributed by atoms with Crippen LogP contribution in [0.25, 0.3) is 39.7 Å². The Morgan fingerprint density at radius 1 is 0.569 bits per heavy atom. The summed E-state index contributed by atoms with van der Waals surface area (Å²) in [4.78, 5) is 40.1. The number of thiophene rings is 7. The number of aryl methyl sites for hydroxylation is 1. The first-order chi connectivity index (χ1) is 28.0. The standard InChI is InChI=1S/C18H12O4S4.C7H5S2.C6H5BrO2S.3C4H9.Sn/c1-21-17(19)15-9(3-5-23-15)11-7-13-14(25-11)8-12(26-13)10-4-6-24-16(10)18(20)22-2;1-5-4-7-6(9-5)2-3-8-7;1-9-6(8)5-4(7)2-3-10-5;3*1-3-4-2;/h3-8H,1-2H3;2,4H,1H3;2-3H,1H3;3*1,3-4H2,2H3;. The number of methoxy groups -OCH3 is 3. The molecule has 0 aliphatic heterocycles. The van der Waals surface area contributed by atoms with Crippen molar-refractivity contribution < 1.29 is 28.6 Å². The first kappa shape index (κ1) is 47.2. The third-order valence-corrected chi connectivity index (χ3v) is 36.1. The molecule has 7 aromatic rings. The van der Waals surface area contributed by atoms with Gasteiger partial charge in [0.05, 0.1) is 21.3 Å². The molecule has 0 spiro atoms. The van der Waals surface area contributed by atoms with E-state index in [9.17, 15) is 14.4 Å². The maximum Gasteiger partial charge on any atom is 0.349 e. The maximum atomic E-state index is 11.9. The molecule has 0 N–H and O–H groups in total. The fourth-order valence-electron chi connectivity index (χ4n) is 6.65. The summed E-state index contributed by atoms with van der Waals surface area (Å²) in [7, 11) is 4.16. The van der Waals surface area contributed by atoms with Crippen molar-refractivity contribution in [2.45, 2.75) is 79.5 Å². The van der Waals surface area contributed by atoms with Gasteiger partial charge in [0, 0.05) is 34.8 Å². The van der Waals surface area contributed by atoms with Crippen LogP contribution in [0.1, 0.15) is 93.2 Å². The zero-order valence-corrected chi connectivity index (χ0v) is 44.0. The molecule has 0 aliphatic carbocycles. The molecule has 0 aromatic carbocycles. The van der Waals surface area contributed by atoms with Crippen LogP contribution in [0.2, 0.25) is 13.3 Å². The molecule has 15 heteroatoms. The predicted molar refractivity (Wildman–Crippen MR) is 261 cm³/mol. The van der Waals surface area contributed by atoms with E-state index in [-0.39, 0.29) is 17.9 Å². The number of hydrogen-bond donors (Lipinski definition) is 0. The molecule has 7 aromatic heterocycles. The summed E-state index contributed by atoms with van der Waals surface area (Å²) < 4.78 is 27.1. The number of fused-ring (bicyclic) bond motifs is 2. The minimum absolute atomic E-state index is 0.290. The Hall–Kier alpha value is -1.89. The Morgan fingerprint density at radius 2 is 0.983 bits per heavy atom. The summed E-state index contributed by atoms with van der Waals surface area (Å²) in [6.45, 7) is 9.35. The van der Waals surface area contributed by atoms with Gasteiger partial charge in [0.15, 0.2) is 0 Å². The van der Waals surface area contributed by atoms with Crippen molar-refractivity contribution in [1.82, 2.24) is 0 Å². The number of carbonyl (C=O) groups excluding carboxylic acids is 3. The summed E-state index contributed by atoms with van der Waals surface area (Å²) in [5.74, 6) is -0.913. The van der Waals surface area contributed by atoms with E-state index < -0.39 is 18.4 Å². The van der Waals surface area contributed by atoms with Crippen molar-refractivity contribution in [2.24, 2.45) is 0 Å². The Kier molecular flexibility index (Phi) is 18.5. The Labute approximate surface area is 382 Å². The van der Waals surface area contributed by atoms with Crippen LogP contribution in [0, 0.1) is 6.92 Å². The van der Waals surface area contributed by atoms with E-state index in [1.807, 2.05) is 48.6 Å². The maximum absolute atomic E-state index is 11.9. The Morgan fingerprint density at radius 3 is 1.40 bits per heavy atom. The molecule has 0 fully saturated rings. The molecule has 0 bridgehead atoms. The van der Waals surface area contributed by atoms with Gasteiger partial charge >= 0.3 is 168 Å². The largest absolute Gasteiger partial charge is 0.465 e. The SMILES string of the molecule is CCC[CH2][Sn]([CH2]CCC)([CH2]CCC)[c]1cc2sc(C)cc2s1.COC(=O)c1sccc1-c1cc2sc(-c3ccsc3C(=O)OC)cc2s1.COC(=O)c1sccc1Br. The molecular weight excluding hydrogens is 1040 g/mol. The van der Waals surface area contributed by atoms with Crippen molar-refractivity contribution in [1.29, 1.82) is 0 Å². The minimum atomic E-state index is -2.16. The zero-order valence-electron chi connectivity index (χ0n) is 33.8. The summed E-state index contributed by atoms with van der Waals surface area (Å²) in [6.07, 6.45) is 8.51. The first-order valence-corrected chi connectivity index (χ1v) is 33.4. The monoisotopic (exact) mass is 1080 g/mol. The average Bonchev–Trinajstić information content (AvgIpc) is 4.08. The minimum Gasteiger partial charge on any atom is -0.465 e. The van der Waals surface area contributed by atoms with Crippen molar-refractivity contribution >= 4 is 153 Å². The molecule has 310 valence electrons. The fraction of sp³-hybridized carbons (Fsp3) is 0.372. The topological polar surface area (TPSA) is 78.9 Å². The van der Waals surface area contributed by atoms with Crippen LogP contribution in [0.15, 0.2) is 63.1 Å². The summed E-state index contributed by atoms with van der Waals surface area (Å²) in [5.41, 5.74) is 1.81. The molecule has 0 saturated carbocycles. The van der Waals surface area contributed by atoms with E-state index in [0.29, 0.717) is 14.6 Å². The summed E-state index contributed by atoms with van der Waals surface area (Å²) in [6, 6.07) is 14.9. The third-order valence-electron chi connectivity index (χ3n) is 9.68. The molecule has 0 unspecified atom stereocenters. The molecule has 0 atom stereocenters. The summed E-state index contributed by atoms with van der Waals surface area (Å²) in [5, 5.41) is 5.62. The second kappa shape index (κ2) is 22.8. The molecule has 6 nitrogen and oxygen atoms in total. The Bertz CT molecular complexity index is 2240. The molecule has 7 rings (SSSR count). The predicted octanol–water partition coefficient (Wildman–Crippen LogP) is 15.6. The Balaban J connectivity index is 0.000000181. The van der Waals surface area contributed by atoms with Crippen LogP contribution in [0.3, 0.4) is 0 Å². The van der Waals surface area contributed by atoms with Crippen LogP contribution in [0.4, 0.5) is 0 Å². The number of unbranched alkanes of at least 4 members (excludes halogenated alkanes) is 3. The smallest absolute Gasteiger partial charge is 0.349 e. The summed E-state index contributed by atoms with van der Waals surface area (Å²) >= 11 is 12.6. The van der Waals surface area contributed by atoms with E-state index in [4.69, 9.17) is 9.47 Å². The molecule has 0 saturated heterocycles. The van der Waals surface area contributed by atoms with Gasteiger partial charge in [0.2, 0.25) is 0 Å². The number of hydrogen-bond acceptors (Lipinski definition) is 13. The second-order valence-electron chi connectivity index (χ2n) is 13.6. The van der Waals surface area contributed by atoms with Crippen LogP contribution in [-0.4, -0.2) is 57.6 Å². The zero-order chi connectivity index (χ0) is 41.8. The van der Waals surface area contributed by atoms with Crippen LogP contribution < -0.4 is 2.89 Å². The van der Waals surface area contributed by atoms with Crippen LogP contribution in [0.5, 0.6) is 0 Å². The molecule has 58 heavy (non-hydrogen) atoms. The van der Waals surface area contributed by atoms with Crippen molar-refractivity contribution in [3.05, 3.63) is 82.6 Å². The second-order valence-corrected chi connectivity index (χ2v) is 35.9. The van der Waals surface area contributed by atoms with Crippen LogP contribution in [-0.2, 0) is 14.2 Å². The number of halogens is 1. The van der Waals surface area contributed by atoms with E-state index in [2.05, 4.69) is 84.0 Å². The van der Waals surface area contributed by atoms with Gasteiger partial charge in [-0.1, -0.05) is 0 Å². The van der Waals surface area contributed by atoms with Gasteiger partial charge < -0.3 is 14.2 Å². The van der Waals surface area contributed by atoms with E-state index in [0.717, 1.165) is 34.8 Å². The molecular formula is C43H49BrO6S7Sn. The quantitative estimate of drug-likeness (QED) is 0.0578. The van der Waals surface area contributed by atoms with Gasteiger partial charge in [0.25, 0.3) is 0 Å². The van der Waals surface area contributed by atoms with Gasteiger partial charge in [-0.3, -0.25) is 0 Å². The van der Waals surface area contributed by atoms with Crippen LogP contribution >= 0.6 is 95.3 Å². The normalized spacial score (nSPS) is 11.2. The van der Waals surface area contributed by atoms with Gasteiger partial charge in [-0.05, 0) is 62.4 Å². The van der Waals surface area contributed by atoms with Gasteiger partial charge in [-0.15, -0.1) is 56.7 Å². The molecule has 7 heterocycles.